The number of pyridine rings is 1. The molecule has 1 aliphatic carbocycles. The van der Waals surface area contributed by atoms with Crippen molar-refractivity contribution in [1.82, 2.24) is 9.88 Å². The Morgan fingerprint density at radius 3 is 2.53 bits per heavy atom. The molecule has 0 amide bonds. The Bertz CT molecular complexity index is 961. The van der Waals surface area contributed by atoms with Crippen LogP contribution in [0.4, 0.5) is 5.69 Å². The van der Waals surface area contributed by atoms with Crippen molar-refractivity contribution in [2.75, 3.05) is 51.1 Å². The van der Waals surface area contributed by atoms with Gasteiger partial charge in [-0.05, 0) is 43.7 Å². The van der Waals surface area contributed by atoms with Crippen molar-refractivity contribution in [3.63, 3.8) is 0 Å². The van der Waals surface area contributed by atoms with Gasteiger partial charge in [0.05, 0.1) is 24.8 Å². The number of aliphatic hydroxyl groups excluding tert-OH is 1. The molecular weight excluding hydrogens is 382 g/mol. The number of fused-ring (bicyclic) bond motifs is 3. The number of hydrogen-bond acceptors (Lipinski definition) is 7. The summed E-state index contributed by atoms with van der Waals surface area (Å²) in [6.07, 6.45) is 1.71. The van der Waals surface area contributed by atoms with E-state index in [2.05, 4.69) is 28.9 Å². The lowest BCUT2D eigenvalue weighted by Crippen LogP contribution is -2.53. The number of aliphatic hydroxyl groups is 1. The number of hydrogen-bond donors (Lipinski definition) is 1. The van der Waals surface area contributed by atoms with Gasteiger partial charge in [0, 0.05) is 55.1 Å². The second-order valence-electron chi connectivity index (χ2n) is 9.18. The normalized spacial score (nSPS) is 31.3. The molecule has 7 heteroatoms. The van der Waals surface area contributed by atoms with E-state index in [1.54, 1.807) is 0 Å². The van der Waals surface area contributed by atoms with Crippen LogP contribution in [0.5, 0.6) is 11.5 Å². The zero-order chi connectivity index (χ0) is 20.2. The van der Waals surface area contributed by atoms with Crippen molar-refractivity contribution >= 4 is 16.6 Å². The summed E-state index contributed by atoms with van der Waals surface area (Å²) >= 11 is 0. The Hall–Kier alpha value is -2.09. The lowest BCUT2D eigenvalue weighted by atomic mass is 9.77. The highest BCUT2D eigenvalue weighted by Gasteiger charge is 2.44. The molecule has 1 N–H and O–H groups in total. The number of nitrogens with zero attached hydrogens (tertiary/aromatic N) is 3. The van der Waals surface area contributed by atoms with Crippen LogP contribution in [0, 0.1) is 18.8 Å². The van der Waals surface area contributed by atoms with Crippen LogP contribution in [0.3, 0.4) is 0 Å². The fourth-order valence-electron chi connectivity index (χ4n) is 5.89. The van der Waals surface area contributed by atoms with Crippen LogP contribution < -0.4 is 14.4 Å². The summed E-state index contributed by atoms with van der Waals surface area (Å²) < 4.78 is 16.7. The molecule has 160 valence electrons. The van der Waals surface area contributed by atoms with Crippen LogP contribution in [0.15, 0.2) is 18.2 Å². The van der Waals surface area contributed by atoms with Gasteiger partial charge in [-0.2, -0.15) is 0 Å². The third-order valence-electron chi connectivity index (χ3n) is 7.37. The molecule has 0 unspecified atom stereocenters. The van der Waals surface area contributed by atoms with Crippen LogP contribution in [0.25, 0.3) is 10.9 Å². The van der Waals surface area contributed by atoms with Gasteiger partial charge < -0.3 is 24.2 Å². The Morgan fingerprint density at radius 1 is 1.00 bits per heavy atom. The Labute approximate surface area is 176 Å². The summed E-state index contributed by atoms with van der Waals surface area (Å²) in [5.74, 6) is 2.72. The van der Waals surface area contributed by atoms with Gasteiger partial charge in [0.1, 0.15) is 0 Å². The third-order valence-corrected chi connectivity index (χ3v) is 7.37. The van der Waals surface area contributed by atoms with Crippen molar-refractivity contribution in [3.8, 4) is 11.5 Å². The highest BCUT2D eigenvalue weighted by molar-refractivity contribution is 5.94. The van der Waals surface area contributed by atoms with E-state index < -0.39 is 0 Å². The van der Waals surface area contributed by atoms with E-state index in [1.807, 2.05) is 6.07 Å². The van der Waals surface area contributed by atoms with Gasteiger partial charge in [0.2, 0.25) is 6.79 Å². The topological polar surface area (TPSA) is 67.3 Å². The molecular formula is C23H29N3O4. The minimum absolute atomic E-state index is 0.242. The summed E-state index contributed by atoms with van der Waals surface area (Å²) in [5, 5.41) is 12.0. The van der Waals surface area contributed by atoms with E-state index in [0.29, 0.717) is 11.8 Å². The maximum absolute atomic E-state index is 10.9. The average Bonchev–Trinajstić information content (AvgIpc) is 3.37. The molecule has 0 radical (unpaired) electrons. The average molecular weight is 412 g/mol. The molecule has 0 bridgehead atoms. The first-order chi connectivity index (χ1) is 14.7. The SMILES string of the molecule is Cc1cc(N2C[C@H]3C[C@@H](N4CCOCC4)[C@H](O)C[C@H]3C2)c2cc3c(cc2n1)OCO3. The molecule has 2 saturated heterocycles. The molecule has 4 atom stereocenters. The standard InChI is InChI=1S/C23H29N3O4/c1-14-6-19(17-9-22-23(30-13-29-22)10-18(17)24-14)26-11-15-7-20(21(27)8-16(15)12-26)25-2-4-28-5-3-25/h6,9-10,15-16,20-21,27H,2-5,7-8,11-13H2,1H3/t15-,16+,20-,21-/m1/s1. The number of benzene rings is 1. The number of ether oxygens (including phenoxy) is 3. The van der Waals surface area contributed by atoms with Crippen LogP contribution in [0.1, 0.15) is 18.5 Å². The molecule has 4 heterocycles. The Balaban J connectivity index is 1.28. The molecule has 6 rings (SSSR count). The van der Waals surface area contributed by atoms with E-state index >= 15 is 0 Å². The smallest absolute Gasteiger partial charge is 0.231 e. The van der Waals surface area contributed by atoms with E-state index in [1.165, 1.54) is 5.69 Å². The fourth-order valence-corrected chi connectivity index (χ4v) is 5.89. The third kappa shape index (κ3) is 3.11. The molecule has 1 aromatic carbocycles. The Morgan fingerprint density at radius 2 is 1.73 bits per heavy atom. The monoisotopic (exact) mass is 411 g/mol. The van der Waals surface area contributed by atoms with Gasteiger partial charge in [0.25, 0.3) is 0 Å². The van der Waals surface area contributed by atoms with Gasteiger partial charge in [0.15, 0.2) is 11.5 Å². The number of aromatic nitrogens is 1. The first kappa shape index (κ1) is 18.7. The predicted molar refractivity (Wildman–Crippen MR) is 113 cm³/mol. The van der Waals surface area contributed by atoms with Crippen LogP contribution in [-0.2, 0) is 4.74 Å². The molecule has 3 fully saturated rings. The maximum Gasteiger partial charge on any atom is 0.231 e. The van der Waals surface area contributed by atoms with Gasteiger partial charge in [-0.15, -0.1) is 0 Å². The number of morpholine rings is 1. The molecule has 4 aliphatic rings. The van der Waals surface area contributed by atoms with Gasteiger partial charge in [-0.1, -0.05) is 0 Å². The van der Waals surface area contributed by atoms with E-state index in [-0.39, 0.29) is 18.9 Å². The number of rotatable bonds is 2. The van der Waals surface area contributed by atoms with Crippen molar-refractivity contribution in [2.24, 2.45) is 11.8 Å². The van der Waals surface area contributed by atoms with E-state index in [9.17, 15) is 5.11 Å². The fraction of sp³-hybridized carbons (Fsp3) is 0.609. The predicted octanol–water partition coefficient (Wildman–Crippen LogP) is 2.18. The zero-order valence-corrected chi connectivity index (χ0v) is 17.4. The number of aryl methyl sites for hydroxylation is 1. The van der Waals surface area contributed by atoms with Crippen molar-refractivity contribution in [1.29, 1.82) is 0 Å². The molecule has 1 saturated carbocycles. The quantitative estimate of drug-likeness (QED) is 0.812. The highest BCUT2D eigenvalue weighted by atomic mass is 16.7. The van der Waals surface area contributed by atoms with Gasteiger partial charge in [-0.25, -0.2) is 0 Å². The first-order valence-electron chi connectivity index (χ1n) is 11.1. The molecule has 7 nitrogen and oxygen atoms in total. The number of anilines is 1. The van der Waals surface area contributed by atoms with Gasteiger partial charge >= 0.3 is 0 Å². The van der Waals surface area contributed by atoms with Crippen LogP contribution in [-0.4, -0.2) is 73.3 Å². The van der Waals surface area contributed by atoms with Gasteiger partial charge in [-0.3, -0.25) is 9.88 Å². The summed E-state index contributed by atoms with van der Waals surface area (Å²) in [6, 6.07) is 6.53. The first-order valence-corrected chi connectivity index (χ1v) is 11.1. The van der Waals surface area contributed by atoms with E-state index in [4.69, 9.17) is 19.2 Å². The summed E-state index contributed by atoms with van der Waals surface area (Å²) in [5.41, 5.74) is 3.19. The molecule has 3 aliphatic heterocycles. The minimum Gasteiger partial charge on any atom is -0.454 e. The summed E-state index contributed by atoms with van der Waals surface area (Å²) in [4.78, 5) is 9.69. The molecule has 30 heavy (non-hydrogen) atoms. The maximum atomic E-state index is 10.9. The second-order valence-corrected chi connectivity index (χ2v) is 9.18. The highest BCUT2D eigenvalue weighted by Crippen LogP contribution is 2.44. The second kappa shape index (κ2) is 7.25. The van der Waals surface area contributed by atoms with Crippen LogP contribution >= 0.6 is 0 Å². The van der Waals surface area contributed by atoms with Crippen molar-refractivity contribution in [2.45, 2.75) is 31.9 Å². The van der Waals surface area contributed by atoms with E-state index in [0.717, 1.165) is 80.3 Å². The Kier molecular flexibility index (Phi) is 4.51. The lowest BCUT2D eigenvalue weighted by molar-refractivity contribution is -0.0520. The zero-order valence-electron chi connectivity index (χ0n) is 17.4. The molecule has 2 aromatic rings. The summed E-state index contributed by atoms with van der Waals surface area (Å²) in [7, 11) is 0. The largest absolute Gasteiger partial charge is 0.454 e. The molecule has 0 spiro atoms. The van der Waals surface area contributed by atoms with Crippen LogP contribution in [0.2, 0.25) is 0 Å². The summed E-state index contributed by atoms with van der Waals surface area (Å²) in [6.45, 7) is 7.78. The molecule has 1 aromatic heterocycles. The minimum atomic E-state index is -0.242. The van der Waals surface area contributed by atoms with Crippen molar-refractivity contribution in [3.05, 3.63) is 23.9 Å². The van der Waals surface area contributed by atoms with Crippen molar-refractivity contribution < 1.29 is 19.3 Å². The lowest BCUT2D eigenvalue weighted by Gasteiger charge is -2.43.